The maximum atomic E-state index is 13.3. The molecule has 2 N–H and O–H groups in total. The largest absolute Gasteiger partial charge is 0.383 e. The molecule has 1 heterocycles. The molecule has 0 saturated heterocycles. The maximum Gasteiger partial charge on any atom is 0.161 e. The Kier molecular flexibility index (Phi) is 2.93. The van der Waals surface area contributed by atoms with E-state index < -0.39 is 0 Å². The molecule has 0 fully saturated rings. The van der Waals surface area contributed by atoms with Gasteiger partial charge in [0.1, 0.15) is 11.6 Å². The van der Waals surface area contributed by atoms with Gasteiger partial charge in [-0.25, -0.2) is 14.4 Å². The summed E-state index contributed by atoms with van der Waals surface area (Å²) in [4.78, 5) is 8.97. The number of aromatic nitrogens is 2. The minimum Gasteiger partial charge on any atom is -0.383 e. The number of hydrogen-bond acceptors (Lipinski definition) is 3. The van der Waals surface area contributed by atoms with Crippen LogP contribution in [0.1, 0.15) is 29.7 Å². The Morgan fingerprint density at radius 3 is 2.74 bits per heavy atom. The fraction of sp³-hybridized carbons (Fsp3) is 0.333. The summed E-state index contributed by atoms with van der Waals surface area (Å²) in [6.07, 6.45) is 4.21. The summed E-state index contributed by atoms with van der Waals surface area (Å²) < 4.78 is 13.3. The molecule has 3 nitrogen and oxygen atoms in total. The molecular formula is C15H16FN3. The Balaban J connectivity index is 2.10. The number of halogens is 1. The van der Waals surface area contributed by atoms with Crippen LogP contribution < -0.4 is 5.73 Å². The van der Waals surface area contributed by atoms with Crippen LogP contribution in [0.5, 0.6) is 0 Å². The van der Waals surface area contributed by atoms with Crippen LogP contribution >= 0.6 is 0 Å². The molecule has 0 unspecified atom stereocenters. The Morgan fingerprint density at radius 2 is 1.95 bits per heavy atom. The third-order valence-electron chi connectivity index (χ3n) is 3.63. The van der Waals surface area contributed by atoms with E-state index in [1.165, 1.54) is 6.07 Å². The highest BCUT2D eigenvalue weighted by atomic mass is 19.1. The van der Waals surface area contributed by atoms with Crippen LogP contribution in [0.2, 0.25) is 0 Å². The lowest BCUT2D eigenvalue weighted by Crippen LogP contribution is -2.11. The van der Waals surface area contributed by atoms with E-state index in [4.69, 9.17) is 5.73 Å². The molecule has 19 heavy (non-hydrogen) atoms. The standard InChI is InChI=1S/C15H16FN3/c1-9-8-10(6-7-12(9)16)15-18-13-5-3-2-4-11(13)14(17)19-15/h6-8H,2-5H2,1H3,(H2,17,18,19). The van der Waals surface area contributed by atoms with E-state index in [9.17, 15) is 4.39 Å². The average molecular weight is 257 g/mol. The fourth-order valence-electron chi connectivity index (χ4n) is 2.54. The zero-order chi connectivity index (χ0) is 13.4. The number of nitrogen functional groups attached to an aromatic ring is 1. The van der Waals surface area contributed by atoms with Crippen molar-refractivity contribution >= 4 is 5.82 Å². The van der Waals surface area contributed by atoms with Gasteiger partial charge in [-0.1, -0.05) is 0 Å². The molecule has 0 amide bonds. The van der Waals surface area contributed by atoms with E-state index >= 15 is 0 Å². The monoisotopic (exact) mass is 257 g/mol. The lowest BCUT2D eigenvalue weighted by atomic mass is 9.96. The molecule has 1 aromatic heterocycles. The molecule has 1 aliphatic rings. The van der Waals surface area contributed by atoms with Crippen molar-refractivity contribution in [3.05, 3.63) is 40.8 Å². The number of rotatable bonds is 1. The van der Waals surface area contributed by atoms with Gasteiger partial charge in [-0.15, -0.1) is 0 Å². The summed E-state index contributed by atoms with van der Waals surface area (Å²) in [7, 11) is 0. The second-order valence-electron chi connectivity index (χ2n) is 5.03. The van der Waals surface area contributed by atoms with Crippen molar-refractivity contribution in [2.45, 2.75) is 32.6 Å². The first-order valence-electron chi connectivity index (χ1n) is 6.57. The number of anilines is 1. The van der Waals surface area contributed by atoms with E-state index in [1.54, 1.807) is 19.1 Å². The summed E-state index contributed by atoms with van der Waals surface area (Å²) in [5.41, 5.74) is 9.58. The first-order chi connectivity index (χ1) is 9.15. The summed E-state index contributed by atoms with van der Waals surface area (Å²) in [5, 5.41) is 0. The van der Waals surface area contributed by atoms with Gasteiger partial charge in [-0.05, 0) is 56.4 Å². The van der Waals surface area contributed by atoms with Crippen LogP contribution in [0.4, 0.5) is 10.2 Å². The zero-order valence-electron chi connectivity index (χ0n) is 10.9. The van der Waals surface area contributed by atoms with Gasteiger partial charge in [0.15, 0.2) is 5.82 Å². The van der Waals surface area contributed by atoms with Gasteiger partial charge in [0.2, 0.25) is 0 Å². The van der Waals surface area contributed by atoms with Crippen LogP contribution in [0.25, 0.3) is 11.4 Å². The number of fused-ring (bicyclic) bond motifs is 1. The average Bonchev–Trinajstić information content (AvgIpc) is 2.42. The predicted molar refractivity (Wildman–Crippen MR) is 73.2 cm³/mol. The van der Waals surface area contributed by atoms with Gasteiger partial charge >= 0.3 is 0 Å². The number of aryl methyl sites for hydroxylation is 2. The van der Waals surface area contributed by atoms with E-state index in [0.29, 0.717) is 17.2 Å². The summed E-state index contributed by atoms with van der Waals surface area (Å²) in [6.45, 7) is 1.74. The minimum atomic E-state index is -0.213. The highest BCUT2D eigenvalue weighted by Crippen LogP contribution is 2.27. The van der Waals surface area contributed by atoms with Gasteiger partial charge in [0, 0.05) is 16.8 Å². The molecule has 2 aromatic rings. The molecule has 0 bridgehead atoms. The van der Waals surface area contributed by atoms with E-state index in [0.717, 1.165) is 42.5 Å². The Hall–Kier alpha value is -1.97. The second kappa shape index (κ2) is 4.61. The fourth-order valence-corrected chi connectivity index (χ4v) is 2.54. The second-order valence-corrected chi connectivity index (χ2v) is 5.03. The number of benzene rings is 1. The molecule has 0 spiro atoms. The quantitative estimate of drug-likeness (QED) is 0.854. The minimum absolute atomic E-state index is 0.213. The van der Waals surface area contributed by atoms with Crippen LogP contribution in [0, 0.1) is 12.7 Å². The molecule has 0 aliphatic heterocycles. The van der Waals surface area contributed by atoms with Gasteiger partial charge < -0.3 is 5.73 Å². The number of nitrogens with two attached hydrogens (primary N) is 1. The van der Waals surface area contributed by atoms with Gasteiger partial charge in [0.25, 0.3) is 0 Å². The smallest absolute Gasteiger partial charge is 0.161 e. The van der Waals surface area contributed by atoms with Crippen molar-refractivity contribution in [1.29, 1.82) is 0 Å². The maximum absolute atomic E-state index is 13.3. The third-order valence-corrected chi connectivity index (χ3v) is 3.63. The van der Waals surface area contributed by atoms with Crippen LogP contribution in [-0.2, 0) is 12.8 Å². The Labute approximate surface area is 111 Å². The molecule has 0 saturated carbocycles. The van der Waals surface area contributed by atoms with Crippen molar-refractivity contribution < 1.29 is 4.39 Å². The summed E-state index contributed by atoms with van der Waals surface area (Å²) >= 11 is 0. The molecule has 1 aromatic carbocycles. The molecule has 0 atom stereocenters. The van der Waals surface area contributed by atoms with Gasteiger partial charge in [-0.2, -0.15) is 0 Å². The molecule has 0 radical (unpaired) electrons. The van der Waals surface area contributed by atoms with Gasteiger partial charge in [0.05, 0.1) is 0 Å². The van der Waals surface area contributed by atoms with E-state index in [1.807, 2.05) is 0 Å². The van der Waals surface area contributed by atoms with E-state index in [2.05, 4.69) is 9.97 Å². The zero-order valence-corrected chi connectivity index (χ0v) is 10.9. The predicted octanol–water partition coefficient (Wildman–Crippen LogP) is 3.05. The van der Waals surface area contributed by atoms with Crippen molar-refractivity contribution in [1.82, 2.24) is 9.97 Å². The lowest BCUT2D eigenvalue weighted by Gasteiger charge is -2.17. The van der Waals surface area contributed by atoms with Crippen molar-refractivity contribution in [3.63, 3.8) is 0 Å². The normalized spacial score (nSPS) is 14.2. The summed E-state index contributed by atoms with van der Waals surface area (Å²) in [6, 6.07) is 4.91. The first kappa shape index (κ1) is 12.1. The molecular weight excluding hydrogens is 241 g/mol. The Morgan fingerprint density at radius 1 is 1.16 bits per heavy atom. The third kappa shape index (κ3) is 2.18. The van der Waals surface area contributed by atoms with Crippen molar-refractivity contribution in [3.8, 4) is 11.4 Å². The lowest BCUT2D eigenvalue weighted by molar-refractivity contribution is 0.618. The van der Waals surface area contributed by atoms with Crippen molar-refractivity contribution in [2.75, 3.05) is 5.73 Å². The Bertz CT molecular complexity index is 638. The van der Waals surface area contributed by atoms with Crippen LogP contribution in [-0.4, -0.2) is 9.97 Å². The molecule has 4 heteroatoms. The van der Waals surface area contributed by atoms with Crippen LogP contribution in [0.3, 0.4) is 0 Å². The van der Waals surface area contributed by atoms with Crippen LogP contribution in [0.15, 0.2) is 18.2 Å². The first-order valence-corrected chi connectivity index (χ1v) is 6.57. The molecule has 1 aliphatic carbocycles. The topological polar surface area (TPSA) is 51.8 Å². The van der Waals surface area contributed by atoms with E-state index in [-0.39, 0.29) is 5.82 Å². The highest BCUT2D eigenvalue weighted by molar-refractivity contribution is 5.60. The SMILES string of the molecule is Cc1cc(-c2nc(N)c3c(n2)CCCC3)ccc1F. The number of nitrogens with zero attached hydrogens (tertiary/aromatic N) is 2. The van der Waals surface area contributed by atoms with Crippen molar-refractivity contribution in [2.24, 2.45) is 0 Å². The molecule has 3 rings (SSSR count). The summed E-state index contributed by atoms with van der Waals surface area (Å²) in [5.74, 6) is 0.956. The highest BCUT2D eigenvalue weighted by Gasteiger charge is 2.17. The van der Waals surface area contributed by atoms with Gasteiger partial charge in [-0.3, -0.25) is 0 Å². The molecule has 98 valence electrons. The number of hydrogen-bond donors (Lipinski definition) is 1.